The van der Waals surface area contributed by atoms with Crippen molar-refractivity contribution in [3.05, 3.63) is 52.6 Å². The molecule has 0 bridgehead atoms. The molecule has 10 heteroatoms. The molecule has 0 unspecified atom stereocenters. The topological polar surface area (TPSA) is 9.23 Å². The minimum atomic E-state index is -5.59. The van der Waals surface area contributed by atoms with Crippen molar-refractivity contribution in [2.75, 3.05) is 0 Å². The van der Waals surface area contributed by atoms with Crippen molar-refractivity contribution < 1.29 is 44.3 Å². The van der Waals surface area contributed by atoms with Gasteiger partial charge in [0.05, 0.1) is 5.56 Å². The number of hydrogen-bond acceptors (Lipinski definition) is 1. The Labute approximate surface area is 172 Å². The second-order valence-electron chi connectivity index (χ2n) is 6.86. The second-order valence-corrected chi connectivity index (χ2v) is 6.86. The van der Waals surface area contributed by atoms with Crippen LogP contribution in [-0.2, 0) is 12.6 Å². The number of hydrogen-bond donors (Lipinski definition) is 0. The molecule has 0 radical (unpaired) electrons. The summed E-state index contributed by atoms with van der Waals surface area (Å²) in [6.45, 7) is -1.83. The summed E-state index contributed by atoms with van der Waals surface area (Å²) >= 11 is 0. The van der Waals surface area contributed by atoms with E-state index in [1.165, 1.54) is 0 Å². The highest BCUT2D eigenvalue weighted by Gasteiger charge is 2.41. The van der Waals surface area contributed by atoms with Crippen molar-refractivity contribution >= 4 is 0 Å². The predicted molar refractivity (Wildman–Crippen MR) is 95.8 cm³/mol. The van der Waals surface area contributed by atoms with Crippen molar-refractivity contribution in [3.8, 4) is 16.9 Å². The molecule has 31 heavy (non-hydrogen) atoms. The lowest BCUT2D eigenvalue weighted by atomic mass is 9.96. The van der Waals surface area contributed by atoms with E-state index in [4.69, 9.17) is 0 Å². The molecular formula is C21H19F9O. The van der Waals surface area contributed by atoms with Crippen molar-refractivity contribution in [2.45, 2.75) is 58.2 Å². The monoisotopic (exact) mass is 458 g/mol. The fourth-order valence-electron chi connectivity index (χ4n) is 3.21. The lowest BCUT2D eigenvalue weighted by Gasteiger charge is -2.18. The Kier molecular flexibility index (Phi) is 8.25. The average Bonchev–Trinajstić information content (AvgIpc) is 2.64. The first-order valence-corrected chi connectivity index (χ1v) is 9.50. The maximum Gasteiger partial charge on any atom is 0.422 e. The highest BCUT2D eigenvalue weighted by molar-refractivity contribution is 5.73. The van der Waals surface area contributed by atoms with Gasteiger partial charge in [-0.05, 0) is 30.5 Å². The molecule has 0 saturated carbocycles. The van der Waals surface area contributed by atoms with Gasteiger partial charge in [0.2, 0.25) is 0 Å². The van der Waals surface area contributed by atoms with Crippen LogP contribution in [0.1, 0.15) is 50.2 Å². The third kappa shape index (κ3) is 5.86. The van der Waals surface area contributed by atoms with Gasteiger partial charge in [0.15, 0.2) is 11.6 Å². The van der Waals surface area contributed by atoms with Gasteiger partial charge < -0.3 is 4.74 Å². The summed E-state index contributed by atoms with van der Waals surface area (Å²) in [5.74, 6) is -9.24. The Hall–Kier alpha value is -2.39. The summed E-state index contributed by atoms with van der Waals surface area (Å²) in [6.07, 6.45) is -1.47. The highest BCUT2D eigenvalue weighted by Crippen LogP contribution is 2.44. The van der Waals surface area contributed by atoms with Crippen LogP contribution in [0.25, 0.3) is 11.1 Å². The highest BCUT2D eigenvalue weighted by atomic mass is 19.4. The number of halogens is 9. The molecule has 0 aliphatic rings. The van der Waals surface area contributed by atoms with E-state index in [1.807, 2.05) is 6.92 Å². The van der Waals surface area contributed by atoms with E-state index in [9.17, 15) is 39.5 Å². The fourth-order valence-corrected chi connectivity index (χ4v) is 3.21. The minimum absolute atomic E-state index is 0.0594. The Morgan fingerprint density at radius 1 is 0.871 bits per heavy atom. The standard InChI is InChI=1S/C21H19F9O/c1-2-3-4-5-6-7-11-8-9-13(22)15(17(11)24)12-10-14(23)16(21(28,29)30)18(25)19(12)31-20(26)27/h8-10,20H,2-7H2,1H3. The van der Waals surface area contributed by atoms with E-state index in [0.717, 1.165) is 37.8 Å². The molecule has 1 nitrogen and oxygen atoms in total. The molecule has 0 N–H and O–H groups in total. The number of rotatable bonds is 9. The molecule has 0 atom stereocenters. The van der Waals surface area contributed by atoms with Gasteiger partial charge in [-0.3, -0.25) is 0 Å². The van der Waals surface area contributed by atoms with Gasteiger partial charge in [0.1, 0.15) is 23.0 Å². The van der Waals surface area contributed by atoms with E-state index < -0.39 is 58.5 Å². The molecule has 0 fully saturated rings. The molecule has 2 rings (SSSR count). The summed E-state index contributed by atoms with van der Waals surface area (Å²) in [6, 6.07) is 1.77. The van der Waals surface area contributed by atoms with Gasteiger partial charge in [-0.2, -0.15) is 22.0 Å². The van der Waals surface area contributed by atoms with E-state index in [2.05, 4.69) is 4.74 Å². The number of benzene rings is 2. The van der Waals surface area contributed by atoms with Crippen LogP contribution in [0.15, 0.2) is 18.2 Å². The molecule has 0 spiro atoms. The number of alkyl halides is 5. The van der Waals surface area contributed by atoms with Crippen LogP contribution < -0.4 is 4.74 Å². The van der Waals surface area contributed by atoms with E-state index >= 15 is 0 Å². The summed E-state index contributed by atoms with van der Waals surface area (Å²) in [5, 5.41) is 0. The quantitative estimate of drug-likeness (QED) is 0.273. The average molecular weight is 458 g/mol. The minimum Gasteiger partial charge on any atom is -0.431 e. The van der Waals surface area contributed by atoms with Crippen molar-refractivity contribution in [1.82, 2.24) is 0 Å². The maximum atomic E-state index is 15.0. The normalized spacial score (nSPS) is 12.0. The predicted octanol–water partition coefficient (Wildman–Crippen LogP) is 8.04. The van der Waals surface area contributed by atoms with Crippen molar-refractivity contribution in [2.24, 2.45) is 0 Å². The molecule has 172 valence electrons. The third-order valence-electron chi connectivity index (χ3n) is 4.65. The van der Waals surface area contributed by atoms with Crippen LogP contribution >= 0.6 is 0 Å². The van der Waals surface area contributed by atoms with Gasteiger partial charge in [-0.25, -0.2) is 17.6 Å². The lowest BCUT2D eigenvalue weighted by molar-refractivity contribution is -0.143. The first-order valence-electron chi connectivity index (χ1n) is 9.50. The number of ether oxygens (including phenoxy) is 1. The van der Waals surface area contributed by atoms with Crippen molar-refractivity contribution in [1.29, 1.82) is 0 Å². The largest absolute Gasteiger partial charge is 0.431 e. The Bertz CT molecular complexity index is 907. The van der Waals surface area contributed by atoms with Gasteiger partial charge in [-0.1, -0.05) is 38.7 Å². The summed E-state index contributed by atoms with van der Waals surface area (Å²) in [7, 11) is 0. The molecular weight excluding hydrogens is 439 g/mol. The zero-order valence-electron chi connectivity index (χ0n) is 16.4. The SMILES string of the molecule is CCCCCCCc1ccc(F)c(-c2cc(F)c(C(F)(F)F)c(F)c2OC(F)F)c1F. The molecule has 2 aromatic rings. The van der Waals surface area contributed by atoms with Crippen LogP contribution in [0.3, 0.4) is 0 Å². The van der Waals surface area contributed by atoms with E-state index in [0.29, 0.717) is 6.42 Å². The van der Waals surface area contributed by atoms with Gasteiger partial charge in [0.25, 0.3) is 0 Å². The molecule has 0 heterocycles. The van der Waals surface area contributed by atoms with E-state index in [1.54, 1.807) is 0 Å². The van der Waals surface area contributed by atoms with Gasteiger partial charge in [-0.15, -0.1) is 0 Å². The first-order chi connectivity index (χ1) is 14.5. The molecule has 0 saturated heterocycles. The first kappa shape index (κ1) is 24.9. The van der Waals surface area contributed by atoms with Gasteiger partial charge in [0, 0.05) is 5.56 Å². The maximum absolute atomic E-state index is 15.0. The molecule has 0 aliphatic carbocycles. The fraction of sp³-hybridized carbons (Fsp3) is 0.429. The molecule has 2 aromatic carbocycles. The molecule has 0 aliphatic heterocycles. The third-order valence-corrected chi connectivity index (χ3v) is 4.65. The Morgan fingerprint density at radius 2 is 1.52 bits per heavy atom. The smallest absolute Gasteiger partial charge is 0.422 e. The summed E-state index contributed by atoms with van der Waals surface area (Å²) < 4.78 is 126. The Morgan fingerprint density at radius 3 is 2.10 bits per heavy atom. The van der Waals surface area contributed by atoms with Crippen LogP contribution in [0, 0.1) is 23.3 Å². The van der Waals surface area contributed by atoms with Crippen LogP contribution in [-0.4, -0.2) is 6.61 Å². The summed E-state index contributed by atoms with van der Waals surface area (Å²) in [4.78, 5) is 0. The lowest BCUT2D eigenvalue weighted by Crippen LogP contribution is -2.15. The Balaban J connectivity index is 2.60. The van der Waals surface area contributed by atoms with Crippen LogP contribution in [0.4, 0.5) is 39.5 Å². The van der Waals surface area contributed by atoms with Crippen molar-refractivity contribution in [3.63, 3.8) is 0 Å². The zero-order valence-corrected chi connectivity index (χ0v) is 16.4. The van der Waals surface area contributed by atoms with Crippen LogP contribution in [0.5, 0.6) is 5.75 Å². The van der Waals surface area contributed by atoms with Gasteiger partial charge >= 0.3 is 12.8 Å². The summed E-state index contributed by atoms with van der Waals surface area (Å²) in [5.41, 5.74) is -4.93. The zero-order chi connectivity index (χ0) is 23.3. The van der Waals surface area contributed by atoms with E-state index in [-0.39, 0.29) is 18.1 Å². The molecule has 0 aromatic heterocycles. The number of aryl methyl sites for hydroxylation is 1. The number of unbranched alkanes of at least 4 members (excludes halogenated alkanes) is 4. The molecule has 0 amide bonds. The van der Waals surface area contributed by atoms with Crippen LogP contribution in [0.2, 0.25) is 0 Å². The second kappa shape index (κ2) is 10.3.